The van der Waals surface area contributed by atoms with Gasteiger partial charge in [0.05, 0.1) is 6.10 Å². The molecule has 6 fully saturated rings. The van der Waals surface area contributed by atoms with Crippen LogP contribution in [0.1, 0.15) is 124 Å². The maximum atomic E-state index is 11.4. The number of allylic oxidation sites excluding steroid dienone is 4. The molecule has 7 aliphatic rings. The first kappa shape index (κ1) is 27.9. The molecule has 1 saturated heterocycles. The Hall–Kier alpha value is -0.900. The number of aliphatic hydroxyl groups is 1. The van der Waals surface area contributed by atoms with Crippen molar-refractivity contribution in [1.82, 2.24) is 10.6 Å². The Morgan fingerprint density at radius 1 is 1.00 bits per heavy atom. The van der Waals surface area contributed by atoms with Gasteiger partial charge in [0, 0.05) is 23.7 Å². The zero-order valence-corrected chi connectivity index (χ0v) is 26.1. The molecule has 222 valence electrons. The molecule has 3 N–H and O–H groups in total. The molecule has 1 aliphatic heterocycles. The van der Waals surface area contributed by atoms with Crippen molar-refractivity contribution in [1.29, 1.82) is 0 Å². The van der Waals surface area contributed by atoms with Crippen LogP contribution in [0.15, 0.2) is 34.9 Å². The van der Waals surface area contributed by atoms with E-state index in [1.807, 2.05) is 0 Å². The summed E-state index contributed by atoms with van der Waals surface area (Å²) >= 11 is 0. The van der Waals surface area contributed by atoms with Crippen LogP contribution in [-0.2, 0) is 0 Å². The first-order chi connectivity index (χ1) is 19.1. The van der Waals surface area contributed by atoms with Crippen LogP contribution >= 0.6 is 0 Å². The predicted molar refractivity (Wildman–Crippen MR) is 166 cm³/mol. The lowest BCUT2D eigenvalue weighted by Gasteiger charge is -2.51. The van der Waals surface area contributed by atoms with Crippen molar-refractivity contribution in [3.8, 4) is 0 Å². The van der Waals surface area contributed by atoms with Gasteiger partial charge in [-0.15, -0.1) is 0 Å². The molecule has 0 bridgehead atoms. The van der Waals surface area contributed by atoms with Gasteiger partial charge in [-0.1, -0.05) is 61.1 Å². The van der Waals surface area contributed by atoms with Crippen molar-refractivity contribution < 1.29 is 5.11 Å². The highest BCUT2D eigenvalue weighted by Gasteiger charge is 2.62. The van der Waals surface area contributed by atoms with E-state index in [2.05, 4.69) is 51.0 Å². The van der Waals surface area contributed by atoms with E-state index in [1.165, 1.54) is 95.5 Å². The Kier molecular flexibility index (Phi) is 7.24. The lowest BCUT2D eigenvalue weighted by molar-refractivity contribution is 0.00450. The summed E-state index contributed by atoms with van der Waals surface area (Å²) in [5, 5.41) is 19.8. The number of rotatable bonds is 4. The highest BCUT2D eigenvalue weighted by Crippen LogP contribution is 2.63. The number of hydrogen-bond acceptors (Lipinski definition) is 3. The van der Waals surface area contributed by atoms with Crippen molar-refractivity contribution in [2.24, 2.45) is 40.9 Å². The van der Waals surface area contributed by atoms with Crippen LogP contribution in [0.3, 0.4) is 0 Å². The van der Waals surface area contributed by atoms with Crippen LogP contribution in [0, 0.1) is 40.9 Å². The molecule has 6 aliphatic carbocycles. The van der Waals surface area contributed by atoms with Crippen LogP contribution in [0.25, 0.3) is 0 Å². The minimum Gasteiger partial charge on any atom is -0.391 e. The van der Waals surface area contributed by atoms with Gasteiger partial charge in [0.15, 0.2) is 0 Å². The Bertz CT molecular complexity index is 1070. The largest absolute Gasteiger partial charge is 0.391 e. The highest BCUT2D eigenvalue weighted by molar-refractivity contribution is 5.41. The van der Waals surface area contributed by atoms with Gasteiger partial charge in [-0.3, -0.25) is 0 Å². The van der Waals surface area contributed by atoms with Crippen LogP contribution in [0.5, 0.6) is 0 Å². The van der Waals surface area contributed by atoms with Crippen LogP contribution in [0.2, 0.25) is 0 Å². The fourth-order valence-corrected chi connectivity index (χ4v) is 12.0. The molecule has 3 nitrogen and oxygen atoms in total. The topological polar surface area (TPSA) is 44.3 Å². The van der Waals surface area contributed by atoms with Gasteiger partial charge >= 0.3 is 0 Å². The molecule has 0 radical (unpaired) electrons. The first-order valence-corrected chi connectivity index (χ1v) is 17.4. The van der Waals surface area contributed by atoms with Crippen molar-refractivity contribution in [2.75, 3.05) is 0 Å². The summed E-state index contributed by atoms with van der Waals surface area (Å²) < 4.78 is 0. The van der Waals surface area contributed by atoms with E-state index in [9.17, 15) is 5.11 Å². The van der Waals surface area contributed by atoms with E-state index in [-0.39, 0.29) is 11.6 Å². The minimum atomic E-state index is -0.162. The molecule has 40 heavy (non-hydrogen) atoms. The van der Waals surface area contributed by atoms with Gasteiger partial charge in [0.1, 0.15) is 0 Å². The lowest BCUT2D eigenvalue weighted by atomic mass is 9.59. The molecule has 1 heterocycles. The Balaban J connectivity index is 1.07. The molecule has 0 unspecified atom stereocenters. The van der Waals surface area contributed by atoms with Crippen LogP contribution in [-0.4, -0.2) is 34.9 Å². The van der Waals surface area contributed by atoms with Gasteiger partial charge in [-0.2, -0.15) is 0 Å². The maximum Gasteiger partial charge on any atom is 0.0696 e. The Morgan fingerprint density at radius 2 is 1.80 bits per heavy atom. The Morgan fingerprint density at radius 3 is 2.58 bits per heavy atom. The second-order valence-corrected chi connectivity index (χ2v) is 16.5. The maximum absolute atomic E-state index is 11.4. The molecule has 11 atom stereocenters. The van der Waals surface area contributed by atoms with E-state index in [1.54, 1.807) is 16.7 Å². The summed E-state index contributed by atoms with van der Waals surface area (Å²) in [6.07, 6.45) is 22.1. The Labute approximate surface area is 245 Å². The van der Waals surface area contributed by atoms with Gasteiger partial charge in [-0.25, -0.2) is 0 Å². The fourth-order valence-electron chi connectivity index (χ4n) is 12.0. The summed E-state index contributed by atoms with van der Waals surface area (Å²) in [6.45, 7) is 14.1. The molecule has 0 aromatic rings. The zero-order chi connectivity index (χ0) is 27.8. The predicted octanol–water partition coefficient (Wildman–Crippen LogP) is 7.86. The second-order valence-electron chi connectivity index (χ2n) is 16.5. The molecule has 3 heteroatoms. The molecule has 0 aromatic heterocycles. The molecule has 0 aromatic carbocycles. The SMILES string of the molecule is C=C(C)[C@@H]1CC[C@@]2(C)CC([C@@H]3CC[C@H]4C[C@@H]5C[C@H]6C[C@H](NC7CCCCC7)[C@H](O)C[C@H]6[C@@H]5[C@@]4(C)N3)=CC(C)=C2C1. The van der Waals surface area contributed by atoms with Crippen molar-refractivity contribution in [3.63, 3.8) is 0 Å². The number of aliphatic hydroxyl groups excluding tert-OH is 1. The molecular weight excluding hydrogens is 488 g/mol. The normalized spacial score (nSPS) is 49.1. The number of fused-ring (bicyclic) bond motifs is 6. The average molecular weight is 547 g/mol. The highest BCUT2D eigenvalue weighted by atomic mass is 16.3. The number of nitrogens with one attached hydrogen (secondary N) is 2. The second kappa shape index (κ2) is 10.4. The molecule has 0 amide bonds. The summed E-state index contributed by atoms with van der Waals surface area (Å²) in [4.78, 5) is 0. The molecule has 5 saturated carbocycles. The summed E-state index contributed by atoms with van der Waals surface area (Å²) in [5.74, 6) is 4.61. The minimum absolute atomic E-state index is 0.162. The van der Waals surface area contributed by atoms with Gasteiger partial charge in [-0.05, 0) is 139 Å². The van der Waals surface area contributed by atoms with Crippen LogP contribution in [0.4, 0.5) is 0 Å². The van der Waals surface area contributed by atoms with Crippen molar-refractivity contribution >= 4 is 0 Å². The summed E-state index contributed by atoms with van der Waals surface area (Å²) in [6, 6.07) is 1.50. The van der Waals surface area contributed by atoms with Crippen LogP contribution < -0.4 is 10.6 Å². The van der Waals surface area contributed by atoms with Gasteiger partial charge < -0.3 is 15.7 Å². The standard InChI is InChI=1S/C37H58N2O/c1-22(2)24-13-14-36(4)21-27(15-23(3)31(36)18-24)32-12-11-28-17-26-16-25-19-33(38-29-9-7-6-8-10-29)34(40)20-30(25)35(26)37(28,5)39-32/h15,24-26,28-30,32-35,38-40H,1,6-14,16-21H2,2-5H3/t24-,25+,26+,28+,30-,32+,33+,34-,35-,36+,37+/m1/s1. The third-order valence-corrected chi connectivity index (χ3v) is 14.0. The zero-order valence-electron chi connectivity index (χ0n) is 26.1. The number of hydrogen-bond donors (Lipinski definition) is 3. The summed E-state index contributed by atoms with van der Waals surface area (Å²) in [7, 11) is 0. The van der Waals surface area contributed by atoms with E-state index in [0.29, 0.717) is 35.4 Å². The van der Waals surface area contributed by atoms with E-state index >= 15 is 0 Å². The first-order valence-electron chi connectivity index (χ1n) is 17.4. The fraction of sp³-hybridized carbons (Fsp3) is 0.838. The smallest absolute Gasteiger partial charge is 0.0696 e. The molecule has 0 spiro atoms. The average Bonchev–Trinajstić information content (AvgIpc) is 3.41. The van der Waals surface area contributed by atoms with Crippen molar-refractivity contribution in [3.05, 3.63) is 34.9 Å². The lowest BCUT2D eigenvalue weighted by Crippen LogP contribution is -2.61. The van der Waals surface area contributed by atoms with E-state index in [4.69, 9.17) is 0 Å². The van der Waals surface area contributed by atoms with E-state index in [0.717, 1.165) is 30.1 Å². The van der Waals surface area contributed by atoms with Gasteiger partial charge in [0.25, 0.3) is 0 Å². The molecule has 7 rings (SSSR count). The third-order valence-electron chi connectivity index (χ3n) is 14.0. The van der Waals surface area contributed by atoms with Gasteiger partial charge in [0.2, 0.25) is 0 Å². The quantitative estimate of drug-likeness (QED) is 0.315. The molecular formula is C37H58N2O. The number of piperidine rings is 1. The summed E-state index contributed by atoms with van der Waals surface area (Å²) in [5.41, 5.74) is 6.91. The van der Waals surface area contributed by atoms with E-state index < -0.39 is 0 Å². The van der Waals surface area contributed by atoms with Crippen molar-refractivity contribution in [2.45, 2.75) is 154 Å². The third kappa shape index (κ3) is 4.64. The monoisotopic (exact) mass is 546 g/mol.